The fourth-order valence-corrected chi connectivity index (χ4v) is 3.09. The van der Waals surface area contributed by atoms with Crippen LogP contribution in [-0.4, -0.2) is 70.3 Å². The molecule has 2 atom stereocenters. The van der Waals surface area contributed by atoms with Gasteiger partial charge in [-0.05, 0) is 30.7 Å². The highest BCUT2D eigenvalue weighted by Gasteiger charge is 2.22. The predicted octanol–water partition coefficient (Wildman–Crippen LogP) is 0.0299. The molecule has 1 rings (SSSR count). The number of amides is 4. The third-order valence-corrected chi connectivity index (χ3v) is 4.96. The SMILES string of the molecule is NC(CCC(=O)NC(CSCNC(=O)Nc1ccc(Cl)cc1)C(=O)NCC(=O)O)C(=O)O. The van der Waals surface area contributed by atoms with Gasteiger partial charge in [0.1, 0.15) is 18.6 Å². The molecular formula is C18H24ClN5O7S. The molecule has 8 N–H and O–H groups in total. The van der Waals surface area contributed by atoms with Gasteiger partial charge in [-0.1, -0.05) is 11.6 Å². The van der Waals surface area contributed by atoms with Crippen molar-refractivity contribution >= 4 is 58.8 Å². The summed E-state index contributed by atoms with van der Waals surface area (Å²) >= 11 is 6.87. The van der Waals surface area contributed by atoms with Crippen molar-refractivity contribution in [1.82, 2.24) is 16.0 Å². The second-order valence-electron chi connectivity index (χ2n) is 6.37. The number of rotatable bonds is 13. The van der Waals surface area contributed by atoms with E-state index in [1.807, 2.05) is 0 Å². The van der Waals surface area contributed by atoms with Gasteiger partial charge in [0.05, 0.1) is 5.88 Å². The van der Waals surface area contributed by atoms with Gasteiger partial charge in [-0.15, -0.1) is 11.8 Å². The average Bonchev–Trinajstić information content (AvgIpc) is 2.73. The number of aliphatic carboxylic acids is 2. The summed E-state index contributed by atoms with van der Waals surface area (Å²) in [6.45, 7) is -0.637. The number of urea groups is 1. The number of carboxylic acids is 2. The molecule has 0 aliphatic rings. The van der Waals surface area contributed by atoms with E-state index in [-0.39, 0.29) is 24.5 Å². The second-order valence-corrected chi connectivity index (χ2v) is 7.83. The molecule has 0 heterocycles. The number of anilines is 1. The highest BCUT2D eigenvalue weighted by Crippen LogP contribution is 2.13. The van der Waals surface area contributed by atoms with Crippen LogP contribution in [0.15, 0.2) is 24.3 Å². The van der Waals surface area contributed by atoms with Crippen molar-refractivity contribution in [2.24, 2.45) is 5.73 Å². The molecule has 32 heavy (non-hydrogen) atoms. The van der Waals surface area contributed by atoms with Gasteiger partial charge < -0.3 is 37.2 Å². The smallest absolute Gasteiger partial charge is 0.322 e. The summed E-state index contributed by atoms with van der Waals surface area (Å²) in [6, 6.07) is 3.62. The second kappa shape index (κ2) is 14.1. The van der Waals surface area contributed by atoms with Gasteiger partial charge in [0.15, 0.2) is 0 Å². The monoisotopic (exact) mass is 489 g/mol. The maximum Gasteiger partial charge on any atom is 0.322 e. The molecule has 0 fully saturated rings. The fraction of sp³-hybridized carbons (Fsp3) is 0.389. The van der Waals surface area contributed by atoms with E-state index < -0.39 is 48.4 Å². The first-order valence-electron chi connectivity index (χ1n) is 9.24. The van der Waals surface area contributed by atoms with E-state index in [0.29, 0.717) is 10.7 Å². The van der Waals surface area contributed by atoms with E-state index in [2.05, 4.69) is 21.3 Å². The lowest BCUT2D eigenvalue weighted by Gasteiger charge is -2.18. The number of carboxylic acid groups (broad SMARTS) is 2. The van der Waals surface area contributed by atoms with Crippen LogP contribution in [0.5, 0.6) is 0 Å². The topological polar surface area (TPSA) is 200 Å². The zero-order chi connectivity index (χ0) is 24.1. The van der Waals surface area contributed by atoms with Crippen molar-refractivity contribution in [3.8, 4) is 0 Å². The molecular weight excluding hydrogens is 466 g/mol. The van der Waals surface area contributed by atoms with E-state index in [9.17, 15) is 24.0 Å². The van der Waals surface area contributed by atoms with Crippen LogP contribution in [0.25, 0.3) is 0 Å². The molecule has 0 bridgehead atoms. The van der Waals surface area contributed by atoms with Crippen molar-refractivity contribution in [3.63, 3.8) is 0 Å². The van der Waals surface area contributed by atoms with Crippen molar-refractivity contribution < 1.29 is 34.2 Å². The summed E-state index contributed by atoms with van der Waals surface area (Å²) < 4.78 is 0. The van der Waals surface area contributed by atoms with Crippen molar-refractivity contribution in [3.05, 3.63) is 29.3 Å². The molecule has 0 aliphatic carbocycles. The quantitative estimate of drug-likeness (QED) is 0.147. The summed E-state index contributed by atoms with van der Waals surface area (Å²) in [6.07, 6.45) is -0.368. The first kappa shape index (κ1) is 27.0. The van der Waals surface area contributed by atoms with Gasteiger partial charge in [-0.2, -0.15) is 0 Å². The molecule has 0 saturated heterocycles. The third-order valence-electron chi connectivity index (χ3n) is 3.79. The Balaban J connectivity index is 2.51. The molecule has 0 aromatic heterocycles. The maximum absolute atomic E-state index is 12.2. The molecule has 1 aromatic carbocycles. The Morgan fingerprint density at radius 3 is 2.31 bits per heavy atom. The number of hydrogen-bond donors (Lipinski definition) is 7. The highest BCUT2D eigenvalue weighted by molar-refractivity contribution is 7.99. The van der Waals surface area contributed by atoms with Crippen LogP contribution in [0.2, 0.25) is 5.02 Å². The van der Waals surface area contributed by atoms with Gasteiger partial charge >= 0.3 is 18.0 Å². The van der Waals surface area contributed by atoms with Gasteiger partial charge in [0, 0.05) is 22.9 Å². The minimum absolute atomic E-state index is 0.0173. The first-order valence-corrected chi connectivity index (χ1v) is 10.8. The molecule has 1 aromatic rings. The first-order chi connectivity index (χ1) is 15.1. The van der Waals surface area contributed by atoms with Gasteiger partial charge in [-0.25, -0.2) is 4.79 Å². The summed E-state index contributed by atoms with van der Waals surface area (Å²) in [5.74, 6) is -3.77. The summed E-state index contributed by atoms with van der Waals surface area (Å²) in [5.41, 5.74) is 5.87. The average molecular weight is 490 g/mol. The van der Waals surface area contributed by atoms with Crippen LogP contribution in [0.1, 0.15) is 12.8 Å². The van der Waals surface area contributed by atoms with Crippen LogP contribution < -0.4 is 27.0 Å². The Morgan fingerprint density at radius 2 is 1.72 bits per heavy atom. The van der Waals surface area contributed by atoms with Crippen LogP contribution in [0.3, 0.4) is 0 Å². The van der Waals surface area contributed by atoms with E-state index >= 15 is 0 Å². The van der Waals surface area contributed by atoms with Crippen LogP contribution in [0.4, 0.5) is 10.5 Å². The molecule has 0 saturated carbocycles. The number of halogens is 1. The zero-order valence-electron chi connectivity index (χ0n) is 16.8. The Kier molecular flexibility index (Phi) is 11.9. The van der Waals surface area contributed by atoms with Crippen LogP contribution in [0, 0.1) is 0 Å². The Bertz CT molecular complexity index is 824. The van der Waals surface area contributed by atoms with Gasteiger partial charge in [0.2, 0.25) is 11.8 Å². The van der Waals surface area contributed by atoms with E-state index in [4.69, 9.17) is 27.5 Å². The lowest BCUT2D eigenvalue weighted by molar-refractivity contribution is -0.139. The molecule has 4 amide bonds. The summed E-state index contributed by atoms with van der Waals surface area (Å²) in [4.78, 5) is 57.5. The number of carbonyl (C=O) groups is 5. The number of hydrogen-bond acceptors (Lipinski definition) is 7. The molecule has 12 nitrogen and oxygen atoms in total. The van der Waals surface area contributed by atoms with E-state index in [1.54, 1.807) is 24.3 Å². The molecule has 0 spiro atoms. The standard InChI is InChI=1S/C18H24ClN5O7S/c19-10-1-3-11(4-2-10)23-18(31)22-9-32-8-13(16(28)21-7-15(26)27)24-14(25)6-5-12(20)17(29)30/h1-4,12-13H,5-9,20H2,(H,21,28)(H,24,25)(H,26,27)(H,29,30)(H2,22,23,31). The number of nitrogens with two attached hydrogens (primary N) is 1. The Hall–Kier alpha value is -3.03. The van der Waals surface area contributed by atoms with Crippen molar-refractivity contribution in [1.29, 1.82) is 0 Å². The third kappa shape index (κ3) is 11.4. The number of benzene rings is 1. The highest BCUT2D eigenvalue weighted by atomic mass is 35.5. The number of thioether (sulfide) groups is 1. The van der Waals surface area contributed by atoms with Crippen LogP contribution >= 0.6 is 23.4 Å². The van der Waals surface area contributed by atoms with Crippen molar-refractivity contribution in [2.75, 3.05) is 23.5 Å². The van der Waals surface area contributed by atoms with Crippen LogP contribution in [-0.2, 0) is 19.2 Å². The number of nitrogens with one attached hydrogen (secondary N) is 4. The summed E-state index contributed by atoms with van der Waals surface area (Å²) in [5, 5.41) is 27.7. The molecule has 2 unspecified atom stereocenters. The lowest BCUT2D eigenvalue weighted by atomic mass is 10.1. The Labute approximate surface area is 192 Å². The molecule has 0 aliphatic heterocycles. The number of carbonyl (C=O) groups excluding carboxylic acids is 3. The predicted molar refractivity (Wildman–Crippen MR) is 118 cm³/mol. The van der Waals surface area contributed by atoms with Gasteiger partial charge in [0.25, 0.3) is 0 Å². The summed E-state index contributed by atoms with van der Waals surface area (Å²) in [7, 11) is 0. The maximum atomic E-state index is 12.2. The van der Waals surface area contributed by atoms with E-state index in [0.717, 1.165) is 11.8 Å². The Morgan fingerprint density at radius 1 is 1.06 bits per heavy atom. The minimum atomic E-state index is -1.26. The minimum Gasteiger partial charge on any atom is -0.480 e. The largest absolute Gasteiger partial charge is 0.480 e. The fourth-order valence-electron chi connectivity index (χ4n) is 2.15. The normalized spacial score (nSPS) is 12.2. The van der Waals surface area contributed by atoms with Crippen molar-refractivity contribution in [2.45, 2.75) is 24.9 Å². The molecule has 14 heteroatoms. The molecule has 176 valence electrons. The molecule has 0 radical (unpaired) electrons. The zero-order valence-corrected chi connectivity index (χ0v) is 18.4. The lowest BCUT2D eigenvalue weighted by Crippen LogP contribution is -2.49. The van der Waals surface area contributed by atoms with E-state index in [1.165, 1.54) is 0 Å². The van der Waals surface area contributed by atoms with Gasteiger partial charge in [-0.3, -0.25) is 19.2 Å².